The number of nitrogens with zero attached hydrogens (tertiary/aromatic N) is 1. The van der Waals surface area contributed by atoms with Gasteiger partial charge in [-0.1, -0.05) is 20.8 Å². The van der Waals surface area contributed by atoms with E-state index in [2.05, 4.69) is 25.8 Å². The molecule has 0 fully saturated rings. The number of rotatable bonds is 2. The fourth-order valence-corrected chi connectivity index (χ4v) is 0.775. The van der Waals surface area contributed by atoms with E-state index in [4.69, 9.17) is 10.2 Å². The fraction of sp³-hybridized carbons (Fsp3) is 0.625. The topological polar surface area (TPSA) is 52.0 Å². The number of nitrogen functional groups attached to an aromatic ring is 1. The largest absolute Gasteiger partial charge is 0.428 e. The Kier molecular flexibility index (Phi) is 1.89. The van der Waals surface area contributed by atoms with Gasteiger partial charge in [-0.25, -0.2) is 4.98 Å². The highest BCUT2D eigenvalue weighted by Crippen LogP contribution is 2.27. The molecule has 0 amide bonds. The molecular formula is C8H14N2O. The third-order valence-electron chi connectivity index (χ3n) is 2.07. The Hall–Kier alpha value is -0.990. The molecule has 3 heteroatoms. The summed E-state index contributed by atoms with van der Waals surface area (Å²) in [5, 5.41) is 0. The first-order chi connectivity index (χ1) is 5.06. The SMILES string of the molecule is CCC(C)(C)c1cnc(N)o1. The van der Waals surface area contributed by atoms with Crippen molar-refractivity contribution < 1.29 is 4.42 Å². The van der Waals surface area contributed by atoms with Gasteiger partial charge >= 0.3 is 0 Å². The maximum absolute atomic E-state index is 5.35. The molecule has 1 heterocycles. The Labute approximate surface area is 66.6 Å². The minimum Gasteiger partial charge on any atom is -0.428 e. The van der Waals surface area contributed by atoms with Gasteiger partial charge in [0.25, 0.3) is 6.01 Å². The van der Waals surface area contributed by atoms with Gasteiger partial charge < -0.3 is 10.2 Å². The lowest BCUT2D eigenvalue weighted by atomic mass is 9.88. The second-order valence-corrected chi connectivity index (χ2v) is 3.30. The molecule has 0 aromatic carbocycles. The van der Waals surface area contributed by atoms with Crippen LogP contribution < -0.4 is 5.73 Å². The lowest BCUT2D eigenvalue weighted by Crippen LogP contribution is -2.13. The molecule has 0 aliphatic rings. The second kappa shape index (κ2) is 2.57. The van der Waals surface area contributed by atoms with E-state index >= 15 is 0 Å². The minimum absolute atomic E-state index is 0.0463. The monoisotopic (exact) mass is 154 g/mol. The molecule has 1 aromatic heterocycles. The van der Waals surface area contributed by atoms with Crippen LogP contribution in [-0.4, -0.2) is 4.98 Å². The zero-order valence-electron chi connectivity index (χ0n) is 7.22. The molecule has 0 unspecified atom stereocenters. The van der Waals surface area contributed by atoms with Crippen molar-refractivity contribution in [3.63, 3.8) is 0 Å². The molecule has 0 spiro atoms. The van der Waals surface area contributed by atoms with Gasteiger partial charge in [0, 0.05) is 5.41 Å². The standard InChI is InChI=1S/C8H14N2O/c1-4-8(2,3)6-5-10-7(9)11-6/h5H,4H2,1-3H3,(H2,9,10). The highest BCUT2D eigenvalue weighted by atomic mass is 16.4. The number of aromatic nitrogens is 1. The van der Waals surface area contributed by atoms with Crippen LogP contribution in [-0.2, 0) is 5.41 Å². The third kappa shape index (κ3) is 1.53. The summed E-state index contributed by atoms with van der Waals surface area (Å²) in [5.74, 6) is 0.859. The molecule has 11 heavy (non-hydrogen) atoms. The minimum atomic E-state index is 0.0463. The van der Waals surface area contributed by atoms with Gasteiger partial charge in [0.1, 0.15) is 5.76 Å². The van der Waals surface area contributed by atoms with Crippen molar-refractivity contribution in [3.8, 4) is 0 Å². The molecule has 0 bridgehead atoms. The van der Waals surface area contributed by atoms with Gasteiger partial charge in [0.2, 0.25) is 0 Å². The Morgan fingerprint density at radius 3 is 2.64 bits per heavy atom. The van der Waals surface area contributed by atoms with Crippen LogP contribution in [0, 0.1) is 0 Å². The van der Waals surface area contributed by atoms with Crippen molar-refractivity contribution in [3.05, 3.63) is 12.0 Å². The zero-order chi connectivity index (χ0) is 8.48. The Morgan fingerprint density at radius 1 is 1.64 bits per heavy atom. The summed E-state index contributed by atoms with van der Waals surface area (Å²) in [6.45, 7) is 6.32. The maximum Gasteiger partial charge on any atom is 0.292 e. The molecule has 62 valence electrons. The van der Waals surface area contributed by atoms with Gasteiger partial charge in [0.15, 0.2) is 0 Å². The predicted molar refractivity (Wildman–Crippen MR) is 44.2 cm³/mol. The third-order valence-corrected chi connectivity index (χ3v) is 2.07. The molecule has 0 aliphatic heterocycles. The van der Waals surface area contributed by atoms with Gasteiger partial charge in [-0.05, 0) is 6.42 Å². The van der Waals surface area contributed by atoms with Crippen molar-refractivity contribution in [1.82, 2.24) is 4.98 Å². The van der Waals surface area contributed by atoms with Crippen LogP contribution in [0.1, 0.15) is 33.0 Å². The van der Waals surface area contributed by atoms with E-state index in [9.17, 15) is 0 Å². The summed E-state index contributed by atoms with van der Waals surface area (Å²) in [7, 11) is 0. The van der Waals surface area contributed by atoms with Crippen molar-refractivity contribution in [1.29, 1.82) is 0 Å². The molecule has 0 saturated carbocycles. The van der Waals surface area contributed by atoms with E-state index in [0.29, 0.717) is 0 Å². The Bertz CT molecular complexity index is 240. The molecule has 1 aromatic rings. The number of nitrogens with two attached hydrogens (primary N) is 1. The van der Waals surface area contributed by atoms with Crippen LogP contribution in [0.4, 0.5) is 6.01 Å². The number of anilines is 1. The predicted octanol–water partition coefficient (Wildman–Crippen LogP) is 1.94. The number of hydrogen-bond donors (Lipinski definition) is 1. The summed E-state index contributed by atoms with van der Waals surface area (Å²) in [6, 6.07) is 0.251. The Balaban J connectivity index is 2.92. The first kappa shape index (κ1) is 8.11. The molecular weight excluding hydrogens is 140 g/mol. The van der Waals surface area contributed by atoms with Gasteiger partial charge in [-0.15, -0.1) is 0 Å². The van der Waals surface area contributed by atoms with Crippen LogP contribution in [0.2, 0.25) is 0 Å². The molecule has 0 radical (unpaired) electrons. The molecule has 0 saturated heterocycles. The van der Waals surface area contributed by atoms with Crippen molar-refractivity contribution >= 4 is 6.01 Å². The lowest BCUT2D eigenvalue weighted by molar-refractivity contribution is 0.382. The van der Waals surface area contributed by atoms with E-state index in [-0.39, 0.29) is 11.4 Å². The van der Waals surface area contributed by atoms with Crippen molar-refractivity contribution in [2.75, 3.05) is 5.73 Å². The van der Waals surface area contributed by atoms with Gasteiger partial charge in [0.05, 0.1) is 6.20 Å². The van der Waals surface area contributed by atoms with E-state index in [0.717, 1.165) is 12.2 Å². The van der Waals surface area contributed by atoms with Crippen molar-refractivity contribution in [2.45, 2.75) is 32.6 Å². The first-order valence-corrected chi connectivity index (χ1v) is 3.78. The fourth-order valence-electron chi connectivity index (χ4n) is 0.775. The van der Waals surface area contributed by atoms with E-state index in [1.807, 2.05) is 0 Å². The lowest BCUT2D eigenvalue weighted by Gasteiger charge is -2.17. The van der Waals surface area contributed by atoms with Crippen LogP contribution in [0.3, 0.4) is 0 Å². The zero-order valence-corrected chi connectivity index (χ0v) is 7.22. The quantitative estimate of drug-likeness (QED) is 0.708. The smallest absolute Gasteiger partial charge is 0.292 e. The first-order valence-electron chi connectivity index (χ1n) is 3.78. The number of hydrogen-bond acceptors (Lipinski definition) is 3. The number of oxazole rings is 1. The molecule has 3 nitrogen and oxygen atoms in total. The summed E-state index contributed by atoms with van der Waals surface area (Å²) < 4.78 is 5.21. The molecule has 0 aliphatic carbocycles. The summed E-state index contributed by atoms with van der Waals surface area (Å²) in [5.41, 5.74) is 5.40. The highest BCUT2D eigenvalue weighted by molar-refractivity contribution is 5.16. The average Bonchev–Trinajstić information content (AvgIpc) is 2.36. The molecule has 1 rings (SSSR count). The summed E-state index contributed by atoms with van der Waals surface area (Å²) in [4.78, 5) is 3.84. The normalized spacial score (nSPS) is 11.9. The average molecular weight is 154 g/mol. The van der Waals surface area contributed by atoms with Crippen LogP contribution >= 0.6 is 0 Å². The van der Waals surface area contributed by atoms with Crippen LogP contribution in [0.25, 0.3) is 0 Å². The van der Waals surface area contributed by atoms with E-state index < -0.39 is 0 Å². The van der Waals surface area contributed by atoms with Gasteiger partial charge in [-0.3, -0.25) is 0 Å². The highest BCUT2D eigenvalue weighted by Gasteiger charge is 2.22. The van der Waals surface area contributed by atoms with E-state index in [1.54, 1.807) is 6.20 Å². The Morgan fingerprint density at radius 2 is 2.27 bits per heavy atom. The van der Waals surface area contributed by atoms with E-state index in [1.165, 1.54) is 0 Å². The molecule has 2 N–H and O–H groups in total. The maximum atomic E-state index is 5.35. The molecule has 0 atom stereocenters. The summed E-state index contributed by atoms with van der Waals surface area (Å²) in [6.07, 6.45) is 2.71. The second-order valence-electron chi connectivity index (χ2n) is 3.30. The van der Waals surface area contributed by atoms with Gasteiger partial charge in [-0.2, -0.15) is 0 Å². The van der Waals surface area contributed by atoms with Crippen LogP contribution in [0.5, 0.6) is 0 Å². The van der Waals surface area contributed by atoms with Crippen molar-refractivity contribution in [2.24, 2.45) is 0 Å². The van der Waals surface area contributed by atoms with Crippen LogP contribution in [0.15, 0.2) is 10.6 Å². The summed E-state index contributed by atoms with van der Waals surface area (Å²) >= 11 is 0.